The van der Waals surface area contributed by atoms with Crippen molar-refractivity contribution >= 4 is 24.8 Å². The molecule has 0 aliphatic carbocycles. The summed E-state index contributed by atoms with van der Waals surface area (Å²) in [4.78, 5) is 15.2. The molecule has 210 valence electrons. The smallest absolute Gasteiger partial charge is 0.410 e. The van der Waals surface area contributed by atoms with Crippen molar-refractivity contribution in [3.63, 3.8) is 0 Å². The number of hydrogen-bond donors (Lipinski definition) is 0. The third kappa shape index (κ3) is 7.26. The lowest BCUT2D eigenvalue weighted by molar-refractivity contribution is -0.146. The van der Waals surface area contributed by atoms with Crippen LogP contribution in [-0.2, 0) is 18.6 Å². The second-order valence-corrected chi connectivity index (χ2v) is 16.3. The van der Waals surface area contributed by atoms with Crippen LogP contribution in [0.1, 0.15) is 68.2 Å². The molecule has 1 amide bonds. The van der Waals surface area contributed by atoms with Crippen molar-refractivity contribution in [1.29, 1.82) is 0 Å². The van der Waals surface area contributed by atoms with E-state index < -0.39 is 13.9 Å². The summed E-state index contributed by atoms with van der Waals surface area (Å²) in [7, 11) is -2.77. The van der Waals surface area contributed by atoms with Crippen LogP contribution in [-0.4, -0.2) is 63.1 Å². The molecule has 0 saturated carbocycles. The Labute approximate surface area is 230 Å². The predicted molar refractivity (Wildman–Crippen MR) is 155 cm³/mol. The molecule has 3 rings (SSSR count). The van der Waals surface area contributed by atoms with Crippen LogP contribution in [0.3, 0.4) is 0 Å². The van der Waals surface area contributed by atoms with Gasteiger partial charge >= 0.3 is 6.09 Å². The second-order valence-electron chi connectivity index (χ2n) is 12.0. The molecule has 1 fully saturated rings. The van der Waals surface area contributed by atoms with Crippen molar-refractivity contribution in [2.24, 2.45) is 0 Å². The van der Waals surface area contributed by atoms with E-state index in [0.29, 0.717) is 32.6 Å². The molecule has 0 N–H and O–H groups in total. The lowest BCUT2D eigenvalue weighted by atomic mass is 10.1. The summed E-state index contributed by atoms with van der Waals surface area (Å²) in [6, 6.07) is 21.1. The van der Waals surface area contributed by atoms with Crippen molar-refractivity contribution in [2.45, 2.75) is 97.3 Å². The minimum atomic E-state index is -2.77. The normalized spacial score (nSPS) is 18.7. The van der Waals surface area contributed by atoms with Gasteiger partial charge in [0.2, 0.25) is 0 Å². The largest absolute Gasteiger partial charge is 0.444 e. The molecule has 0 spiro atoms. The maximum absolute atomic E-state index is 13.4. The van der Waals surface area contributed by atoms with Crippen LogP contribution in [0.2, 0.25) is 5.04 Å². The van der Waals surface area contributed by atoms with E-state index in [4.69, 9.17) is 18.6 Å². The van der Waals surface area contributed by atoms with E-state index in [1.165, 1.54) is 10.4 Å². The van der Waals surface area contributed by atoms with Crippen molar-refractivity contribution in [2.75, 3.05) is 19.8 Å². The number of carbonyl (C=O) groups excluding carboxylic acids is 1. The Morgan fingerprint density at radius 3 is 1.82 bits per heavy atom. The van der Waals surface area contributed by atoms with Crippen molar-refractivity contribution in [3.8, 4) is 0 Å². The van der Waals surface area contributed by atoms with Gasteiger partial charge in [-0.25, -0.2) is 4.79 Å². The van der Waals surface area contributed by atoms with Gasteiger partial charge in [0, 0.05) is 32.2 Å². The number of benzene rings is 2. The number of nitrogens with zero attached hydrogens (tertiary/aromatic N) is 1. The lowest BCUT2D eigenvalue weighted by Crippen LogP contribution is -2.67. The van der Waals surface area contributed by atoms with Crippen LogP contribution < -0.4 is 10.4 Å². The molecular formula is C31H47NO5Si. The number of likely N-dealkylation sites (tertiary alicyclic amines) is 1. The van der Waals surface area contributed by atoms with Gasteiger partial charge in [0.25, 0.3) is 8.32 Å². The third-order valence-electron chi connectivity index (χ3n) is 6.93. The first-order chi connectivity index (χ1) is 17.9. The van der Waals surface area contributed by atoms with E-state index in [-0.39, 0.29) is 29.6 Å². The van der Waals surface area contributed by atoms with Gasteiger partial charge in [-0.2, -0.15) is 0 Å². The highest BCUT2D eigenvalue weighted by Gasteiger charge is 2.53. The number of rotatable bonds is 10. The van der Waals surface area contributed by atoms with E-state index in [0.717, 1.165) is 0 Å². The quantitative estimate of drug-likeness (QED) is 0.284. The molecule has 0 aromatic heterocycles. The van der Waals surface area contributed by atoms with Crippen LogP contribution in [0.25, 0.3) is 0 Å². The fourth-order valence-corrected chi connectivity index (χ4v) is 10.1. The SMILES string of the molecule is CCOC(C[C@H]1C[C@H](O[Si](c2ccccc2)(c2ccccc2)C(C)(C)C)CN1C(=O)OC(C)(C)C)OCC. The summed E-state index contributed by atoms with van der Waals surface area (Å²) in [5, 5.41) is 2.31. The molecule has 0 bridgehead atoms. The maximum atomic E-state index is 13.4. The molecule has 0 unspecified atom stereocenters. The van der Waals surface area contributed by atoms with Crippen LogP contribution in [0.15, 0.2) is 60.7 Å². The molecule has 2 aromatic carbocycles. The Bertz CT molecular complexity index is 957. The fourth-order valence-electron chi connectivity index (χ4n) is 5.45. The first-order valence-corrected chi connectivity index (χ1v) is 15.8. The standard InChI is InChI=1S/C31H47NO5Si/c1-9-34-28(35-10-2)22-24-21-25(23-32(24)29(33)36-30(3,4)5)37-38(31(6,7)8,26-17-13-11-14-18-26)27-19-15-12-16-20-27/h11-20,24-25,28H,9-10,21-23H2,1-8H3/t24-,25+/m1/s1. The van der Waals surface area contributed by atoms with Gasteiger partial charge in [-0.15, -0.1) is 0 Å². The van der Waals surface area contributed by atoms with Gasteiger partial charge in [-0.3, -0.25) is 0 Å². The number of amides is 1. The summed E-state index contributed by atoms with van der Waals surface area (Å²) < 4.78 is 25.0. The zero-order valence-electron chi connectivity index (χ0n) is 24.5. The predicted octanol–water partition coefficient (Wildman–Crippen LogP) is 5.73. The number of ether oxygens (including phenoxy) is 3. The Kier molecular flexibility index (Phi) is 10.2. The molecule has 7 heteroatoms. The molecular weight excluding hydrogens is 494 g/mol. The third-order valence-corrected chi connectivity index (χ3v) is 12.0. The van der Waals surface area contributed by atoms with Gasteiger partial charge < -0.3 is 23.5 Å². The van der Waals surface area contributed by atoms with Gasteiger partial charge in [0.05, 0.1) is 6.10 Å². The van der Waals surface area contributed by atoms with Gasteiger partial charge in [0.15, 0.2) is 6.29 Å². The highest BCUT2D eigenvalue weighted by Crippen LogP contribution is 2.39. The first kappa shape index (κ1) is 30.3. The van der Waals surface area contributed by atoms with Crippen molar-refractivity contribution < 1.29 is 23.4 Å². The topological polar surface area (TPSA) is 57.2 Å². The number of hydrogen-bond acceptors (Lipinski definition) is 5. The molecule has 1 heterocycles. The van der Waals surface area contributed by atoms with Crippen LogP contribution >= 0.6 is 0 Å². The highest BCUT2D eigenvalue weighted by atomic mass is 28.4. The maximum Gasteiger partial charge on any atom is 0.410 e. The molecule has 1 aliphatic rings. The van der Waals surface area contributed by atoms with Gasteiger partial charge in [0.1, 0.15) is 5.60 Å². The van der Waals surface area contributed by atoms with Crippen LogP contribution in [0, 0.1) is 0 Å². The minimum Gasteiger partial charge on any atom is -0.444 e. The van der Waals surface area contributed by atoms with Crippen molar-refractivity contribution in [3.05, 3.63) is 60.7 Å². The molecule has 0 radical (unpaired) electrons. The summed E-state index contributed by atoms with van der Waals surface area (Å²) in [5.74, 6) is 0. The van der Waals surface area contributed by atoms with Crippen molar-refractivity contribution in [1.82, 2.24) is 4.90 Å². The molecule has 2 aromatic rings. The van der Waals surface area contributed by atoms with E-state index in [1.807, 2.05) is 51.7 Å². The summed E-state index contributed by atoms with van der Waals surface area (Å²) in [6.07, 6.45) is 0.416. The summed E-state index contributed by atoms with van der Waals surface area (Å²) in [6.45, 7) is 18.0. The second kappa shape index (κ2) is 12.8. The van der Waals surface area contributed by atoms with Crippen LogP contribution in [0.5, 0.6) is 0 Å². The van der Waals surface area contributed by atoms with Gasteiger partial charge in [-0.05, 0) is 56.5 Å². The molecule has 2 atom stereocenters. The molecule has 38 heavy (non-hydrogen) atoms. The Morgan fingerprint density at radius 1 is 0.895 bits per heavy atom. The Balaban J connectivity index is 2.01. The van der Waals surface area contributed by atoms with Gasteiger partial charge in [-0.1, -0.05) is 81.4 Å². The average molecular weight is 542 g/mol. The Morgan fingerprint density at radius 2 is 1.39 bits per heavy atom. The molecule has 1 saturated heterocycles. The molecule has 6 nitrogen and oxygen atoms in total. The minimum absolute atomic E-state index is 0.115. The van der Waals surface area contributed by atoms with E-state index in [1.54, 1.807) is 0 Å². The Hall–Kier alpha value is -2.19. The van der Waals surface area contributed by atoms with E-state index in [9.17, 15) is 4.79 Å². The summed E-state index contributed by atoms with van der Waals surface area (Å²) >= 11 is 0. The number of carbonyl (C=O) groups is 1. The average Bonchev–Trinajstić information content (AvgIpc) is 3.24. The fraction of sp³-hybridized carbons (Fsp3) is 0.581. The monoisotopic (exact) mass is 541 g/mol. The lowest BCUT2D eigenvalue weighted by Gasteiger charge is -2.44. The zero-order valence-corrected chi connectivity index (χ0v) is 25.5. The zero-order chi connectivity index (χ0) is 28.0. The molecule has 1 aliphatic heterocycles. The van der Waals surface area contributed by atoms with E-state index >= 15 is 0 Å². The van der Waals surface area contributed by atoms with Crippen LogP contribution in [0.4, 0.5) is 4.79 Å². The van der Waals surface area contributed by atoms with E-state index in [2.05, 4.69) is 69.3 Å². The highest BCUT2D eigenvalue weighted by molar-refractivity contribution is 6.99. The first-order valence-electron chi connectivity index (χ1n) is 13.9. The summed E-state index contributed by atoms with van der Waals surface area (Å²) in [5.41, 5.74) is -0.586.